The van der Waals surface area contributed by atoms with Crippen LogP contribution in [0.3, 0.4) is 0 Å². The minimum Gasteiger partial charge on any atom is -0.312 e. The van der Waals surface area contributed by atoms with Crippen LogP contribution in [0, 0.1) is 5.41 Å². The lowest BCUT2D eigenvalue weighted by Gasteiger charge is -2.24. The first-order valence-corrected chi connectivity index (χ1v) is 7.50. The van der Waals surface area contributed by atoms with Crippen LogP contribution in [0.15, 0.2) is 0 Å². The number of rotatable bonds is 3. The molecule has 0 bridgehead atoms. The first kappa shape index (κ1) is 13.4. The van der Waals surface area contributed by atoms with Crippen molar-refractivity contribution in [2.24, 2.45) is 5.41 Å². The zero-order valence-corrected chi connectivity index (χ0v) is 12.0. The van der Waals surface area contributed by atoms with Gasteiger partial charge in [0, 0.05) is 18.6 Å². The molecule has 2 unspecified atom stereocenters. The summed E-state index contributed by atoms with van der Waals surface area (Å²) in [7, 11) is 2.27. The minimum absolute atomic E-state index is 0.584. The van der Waals surface area contributed by atoms with E-state index in [9.17, 15) is 0 Å². The van der Waals surface area contributed by atoms with Crippen LogP contribution in [0.2, 0.25) is 0 Å². The van der Waals surface area contributed by atoms with Gasteiger partial charge < -0.3 is 10.2 Å². The van der Waals surface area contributed by atoms with E-state index in [4.69, 9.17) is 0 Å². The molecular weight excluding hydrogens is 208 g/mol. The molecule has 2 heteroatoms. The number of nitrogens with zero attached hydrogens (tertiary/aromatic N) is 1. The number of hydrogen-bond acceptors (Lipinski definition) is 2. The van der Waals surface area contributed by atoms with E-state index in [2.05, 4.69) is 31.1 Å². The lowest BCUT2D eigenvalue weighted by atomic mass is 9.85. The Balaban J connectivity index is 1.72. The van der Waals surface area contributed by atoms with E-state index in [1.807, 2.05) is 0 Å². The quantitative estimate of drug-likeness (QED) is 0.760. The van der Waals surface area contributed by atoms with Gasteiger partial charge in [-0.1, -0.05) is 20.3 Å². The molecule has 0 aromatic carbocycles. The summed E-state index contributed by atoms with van der Waals surface area (Å²) in [5.74, 6) is 0. The van der Waals surface area contributed by atoms with Gasteiger partial charge in [0.2, 0.25) is 0 Å². The molecule has 0 aromatic rings. The van der Waals surface area contributed by atoms with Crippen molar-refractivity contribution in [1.29, 1.82) is 0 Å². The van der Waals surface area contributed by atoms with E-state index in [-0.39, 0.29) is 0 Å². The molecule has 1 aliphatic heterocycles. The molecule has 2 aliphatic rings. The molecule has 1 aliphatic carbocycles. The minimum atomic E-state index is 0.584. The standard InChI is InChI=1S/C15H30N2/c1-15(2)9-4-6-13(8-10-15)16-12-14-7-5-11-17(14)3/h13-14,16H,4-12H2,1-3H3. The third-order valence-corrected chi connectivity index (χ3v) is 4.89. The summed E-state index contributed by atoms with van der Waals surface area (Å²) in [4.78, 5) is 2.52. The van der Waals surface area contributed by atoms with Crippen LogP contribution in [0.5, 0.6) is 0 Å². The van der Waals surface area contributed by atoms with Gasteiger partial charge in [-0.25, -0.2) is 0 Å². The van der Waals surface area contributed by atoms with Crippen LogP contribution in [0.25, 0.3) is 0 Å². The summed E-state index contributed by atoms with van der Waals surface area (Å²) >= 11 is 0. The summed E-state index contributed by atoms with van der Waals surface area (Å²) in [6, 6.07) is 1.58. The maximum Gasteiger partial charge on any atom is 0.0218 e. The normalized spacial score (nSPS) is 34.8. The Hall–Kier alpha value is -0.0800. The number of hydrogen-bond donors (Lipinski definition) is 1. The van der Waals surface area contributed by atoms with Gasteiger partial charge in [0.15, 0.2) is 0 Å². The maximum atomic E-state index is 3.83. The number of nitrogens with one attached hydrogen (secondary N) is 1. The molecule has 2 rings (SSSR count). The molecule has 0 aromatic heterocycles. The van der Waals surface area contributed by atoms with Gasteiger partial charge in [0.25, 0.3) is 0 Å². The van der Waals surface area contributed by atoms with E-state index in [1.165, 1.54) is 58.0 Å². The van der Waals surface area contributed by atoms with E-state index in [0.717, 1.165) is 12.1 Å². The first-order valence-electron chi connectivity index (χ1n) is 7.50. The topological polar surface area (TPSA) is 15.3 Å². The molecule has 1 saturated carbocycles. The van der Waals surface area contributed by atoms with Crippen LogP contribution in [0.4, 0.5) is 0 Å². The summed E-state index contributed by atoms with van der Waals surface area (Å²) in [6.07, 6.45) is 9.76. The molecule has 1 heterocycles. The van der Waals surface area contributed by atoms with Crippen molar-refractivity contribution in [2.45, 2.75) is 70.9 Å². The van der Waals surface area contributed by atoms with Crippen molar-refractivity contribution in [3.8, 4) is 0 Å². The van der Waals surface area contributed by atoms with Gasteiger partial charge in [-0.2, -0.15) is 0 Å². The molecule has 0 radical (unpaired) electrons. The molecule has 100 valence electrons. The van der Waals surface area contributed by atoms with E-state index in [0.29, 0.717) is 5.41 Å². The predicted octanol–water partition coefficient (Wildman–Crippen LogP) is 3.03. The zero-order chi connectivity index (χ0) is 12.3. The van der Waals surface area contributed by atoms with Crippen LogP contribution in [-0.2, 0) is 0 Å². The monoisotopic (exact) mass is 238 g/mol. The van der Waals surface area contributed by atoms with Crippen LogP contribution >= 0.6 is 0 Å². The molecule has 1 N–H and O–H groups in total. The van der Waals surface area contributed by atoms with Crippen LogP contribution < -0.4 is 5.32 Å². The summed E-state index contributed by atoms with van der Waals surface area (Å²) < 4.78 is 0. The van der Waals surface area contributed by atoms with E-state index >= 15 is 0 Å². The van der Waals surface area contributed by atoms with Gasteiger partial charge >= 0.3 is 0 Å². The number of likely N-dealkylation sites (N-methyl/N-ethyl adjacent to an activating group) is 1. The zero-order valence-electron chi connectivity index (χ0n) is 12.0. The highest BCUT2D eigenvalue weighted by Gasteiger charge is 2.26. The highest BCUT2D eigenvalue weighted by molar-refractivity contribution is 4.83. The summed E-state index contributed by atoms with van der Waals surface area (Å²) in [5.41, 5.74) is 0.584. The smallest absolute Gasteiger partial charge is 0.0218 e. The Morgan fingerprint density at radius 1 is 1.12 bits per heavy atom. The predicted molar refractivity (Wildman–Crippen MR) is 74.3 cm³/mol. The molecular formula is C15H30N2. The maximum absolute atomic E-state index is 3.83. The van der Waals surface area contributed by atoms with Gasteiger partial charge in [-0.15, -0.1) is 0 Å². The molecule has 0 spiro atoms. The van der Waals surface area contributed by atoms with Gasteiger partial charge in [-0.05, 0) is 57.5 Å². The Bertz CT molecular complexity index is 237. The van der Waals surface area contributed by atoms with Gasteiger partial charge in [0.1, 0.15) is 0 Å². The fraction of sp³-hybridized carbons (Fsp3) is 1.00. The largest absolute Gasteiger partial charge is 0.312 e. The van der Waals surface area contributed by atoms with Gasteiger partial charge in [-0.3, -0.25) is 0 Å². The van der Waals surface area contributed by atoms with Gasteiger partial charge in [0.05, 0.1) is 0 Å². The average Bonchev–Trinajstić information content (AvgIpc) is 2.58. The lowest BCUT2D eigenvalue weighted by Crippen LogP contribution is -2.40. The van der Waals surface area contributed by atoms with Crippen molar-refractivity contribution >= 4 is 0 Å². The fourth-order valence-electron chi connectivity index (χ4n) is 3.41. The Labute approximate surface area is 107 Å². The van der Waals surface area contributed by atoms with Crippen LogP contribution in [0.1, 0.15) is 58.8 Å². The fourth-order valence-corrected chi connectivity index (χ4v) is 3.41. The first-order chi connectivity index (χ1) is 8.07. The van der Waals surface area contributed by atoms with Crippen molar-refractivity contribution in [3.05, 3.63) is 0 Å². The SMILES string of the molecule is CN1CCCC1CNC1CCCC(C)(C)CC1. The molecule has 1 saturated heterocycles. The average molecular weight is 238 g/mol. The molecule has 2 nitrogen and oxygen atoms in total. The second-order valence-electron chi connectivity index (χ2n) is 6.98. The third-order valence-electron chi connectivity index (χ3n) is 4.89. The van der Waals surface area contributed by atoms with Crippen LogP contribution in [-0.4, -0.2) is 37.1 Å². The lowest BCUT2D eigenvalue weighted by molar-refractivity contribution is 0.281. The van der Waals surface area contributed by atoms with E-state index < -0.39 is 0 Å². The Kier molecular flexibility index (Phi) is 4.48. The molecule has 2 fully saturated rings. The van der Waals surface area contributed by atoms with Crippen molar-refractivity contribution in [1.82, 2.24) is 10.2 Å². The Morgan fingerprint density at radius 2 is 1.94 bits per heavy atom. The second kappa shape index (κ2) is 5.71. The summed E-state index contributed by atoms with van der Waals surface area (Å²) in [5, 5.41) is 3.83. The van der Waals surface area contributed by atoms with E-state index in [1.54, 1.807) is 0 Å². The third kappa shape index (κ3) is 3.96. The number of likely N-dealkylation sites (tertiary alicyclic amines) is 1. The second-order valence-corrected chi connectivity index (χ2v) is 6.98. The molecule has 17 heavy (non-hydrogen) atoms. The highest BCUT2D eigenvalue weighted by atomic mass is 15.2. The molecule has 2 atom stereocenters. The highest BCUT2D eigenvalue weighted by Crippen LogP contribution is 2.33. The van der Waals surface area contributed by atoms with Crippen molar-refractivity contribution in [2.75, 3.05) is 20.1 Å². The Morgan fingerprint density at radius 3 is 2.65 bits per heavy atom. The summed E-state index contributed by atoms with van der Waals surface area (Å²) in [6.45, 7) is 7.37. The van der Waals surface area contributed by atoms with Crippen molar-refractivity contribution < 1.29 is 0 Å². The van der Waals surface area contributed by atoms with Crippen molar-refractivity contribution in [3.63, 3.8) is 0 Å². The molecule has 0 amide bonds.